The Balaban J connectivity index is 1.88. The number of aliphatic carboxylic acids is 1. The Bertz CT molecular complexity index is 429. The van der Waals surface area contributed by atoms with Crippen molar-refractivity contribution in [3.05, 3.63) is 22.4 Å². The maximum atomic E-state index is 12.1. The third-order valence-electron chi connectivity index (χ3n) is 3.56. The number of hydrogen-bond donors (Lipinski definition) is 1. The SMILES string of the molecule is CC1C(C(=O)O)CCN1C(=O)CCc1cccs1. The molecule has 1 aliphatic heterocycles. The molecule has 4 nitrogen and oxygen atoms in total. The number of carboxylic acid groups (broad SMARTS) is 1. The highest BCUT2D eigenvalue weighted by Gasteiger charge is 2.37. The molecule has 18 heavy (non-hydrogen) atoms. The van der Waals surface area contributed by atoms with Crippen molar-refractivity contribution in [3.63, 3.8) is 0 Å². The van der Waals surface area contributed by atoms with Crippen molar-refractivity contribution < 1.29 is 14.7 Å². The van der Waals surface area contributed by atoms with Crippen molar-refractivity contribution in [2.45, 2.75) is 32.2 Å². The molecule has 2 unspecified atom stereocenters. The summed E-state index contributed by atoms with van der Waals surface area (Å²) < 4.78 is 0. The zero-order valence-corrected chi connectivity index (χ0v) is 11.2. The van der Waals surface area contributed by atoms with Crippen molar-refractivity contribution in [1.29, 1.82) is 0 Å². The van der Waals surface area contributed by atoms with Crippen molar-refractivity contribution in [2.24, 2.45) is 5.92 Å². The number of thiophene rings is 1. The van der Waals surface area contributed by atoms with Crippen LogP contribution in [-0.2, 0) is 16.0 Å². The van der Waals surface area contributed by atoms with E-state index in [0.717, 1.165) is 6.42 Å². The summed E-state index contributed by atoms with van der Waals surface area (Å²) in [5.74, 6) is -1.13. The van der Waals surface area contributed by atoms with Gasteiger partial charge in [0.1, 0.15) is 0 Å². The van der Waals surface area contributed by atoms with Gasteiger partial charge in [0.2, 0.25) is 5.91 Å². The molecule has 2 atom stereocenters. The molecule has 5 heteroatoms. The molecule has 0 aromatic carbocycles. The summed E-state index contributed by atoms with van der Waals surface area (Å²) in [6, 6.07) is 3.81. The molecule has 2 heterocycles. The normalized spacial score (nSPS) is 23.3. The molecule has 98 valence electrons. The Morgan fingerprint density at radius 3 is 2.89 bits per heavy atom. The van der Waals surface area contributed by atoms with E-state index in [1.54, 1.807) is 16.2 Å². The molecule has 1 aliphatic rings. The van der Waals surface area contributed by atoms with E-state index in [4.69, 9.17) is 5.11 Å². The summed E-state index contributed by atoms with van der Waals surface area (Å²) in [5.41, 5.74) is 0. The van der Waals surface area contributed by atoms with Crippen LogP contribution in [0.2, 0.25) is 0 Å². The molecule has 1 fully saturated rings. The fourth-order valence-electron chi connectivity index (χ4n) is 2.45. The zero-order chi connectivity index (χ0) is 13.1. The fraction of sp³-hybridized carbons (Fsp3) is 0.538. The van der Waals surface area contributed by atoms with E-state index in [1.807, 2.05) is 24.4 Å². The highest BCUT2D eigenvalue weighted by atomic mass is 32.1. The molecule has 1 aromatic heterocycles. The molecular weight excluding hydrogens is 250 g/mol. The lowest BCUT2D eigenvalue weighted by atomic mass is 10.0. The molecule has 2 rings (SSSR count). The van der Waals surface area contributed by atoms with E-state index in [1.165, 1.54) is 4.88 Å². The topological polar surface area (TPSA) is 57.6 Å². The van der Waals surface area contributed by atoms with Crippen molar-refractivity contribution in [1.82, 2.24) is 4.90 Å². The summed E-state index contributed by atoms with van der Waals surface area (Å²) in [7, 11) is 0. The first kappa shape index (κ1) is 13.1. The average molecular weight is 267 g/mol. The summed E-state index contributed by atoms with van der Waals surface area (Å²) in [5, 5.41) is 11.0. The number of carboxylic acids is 1. The number of aryl methyl sites for hydroxylation is 1. The molecule has 0 aliphatic carbocycles. The molecule has 1 saturated heterocycles. The first-order chi connectivity index (χ1) is 8.59. The third-order valence-corrected chi connectivity index (χ3v) is 4.49. The van der Waals surface area contributed by atoms with Gasteiger partial charge >= 0.3 is 5.97 Å². The van der Waals surface area contributed by atoms with Crippen molar-refractivity contribution >= 4 is 23.2 Å². The second-order valence-electron chi connectivity index (χ2n) is 4.64. The Morgan fingerprint density at radius 1 is 1.56 bits per heavy atom. The van der Waals surface area contributed by atoms with E-state index in [2.05, 4.69) is 0 Å². The average Bonchev–Trinajstić information content (AvgIpc) is 2.94. The highest BCUT2D eigenvalue weighted by molar-refractivity contribution is 7.09. The Morgan fingerprint density at radius 2 is 2.33 bits per heavy atom. The molecule has 0 radical (unpaired) electrons. The van der Waals surface area contributed by atoms with Crippen LogP contribution < -0.4 is 0 Å². The molecule has 1 N–H and O–H groups in total. The van der Waals surface area contributed by atoms with Gasteiger partial charge in [-0.15, -0.1) is 11.3 Å². The van der Waals surface area contributed by atoms with Crippen LogP contribution in [0.4, 0.5) is 0 Å². The van der Waals surface area contributed by atoms with Gasteiger partial charge in [-0.3, -0.25) is 9.59 Å². The quantitative estimate of drug-likeness (QED) is 0.907. The third kappa shape index (κ3) is 2.72. The highest BCUT2D eigenvalue weighted by Crippen LogP contribution is 2.25. The van der Waals surface area contributed by atoms with Crippen LogP contribution in [0, 0.1) is 5.92 Å². The lowest BCUT2D eigenvalue weighted by Crippen LogP contribution is -2.37. The van der Waals surface area contributed by atoms with Crippen LogP contribution in [-0.4, -0.2) is 34.5 Å². The summed E-state index contributed by atoms with van der Waals surface area (Å²) in [4.78, 5) is 26.0. The van der Waals surface area contributed by atoms with Gasteiger partial charge in [0.05, 0.1) is 5.92 Å². The molecule has 0 bridgehead atoms. The second-order valence-corrected chi connectivity index (χ2v) is 5.67. The lowest BCUT2D eigenvalue weighted by molar-refractivity contribution is -0.143. The standard InChI is InChI=1S/C13H17NO3S/c1-9-11(13(16)17)6-7-14(9)12(15)5-4-10-3-2-8-18-10/h2-3,8-9,11H,4-7H2,1H3,(H,16,17). The van der Waals surface area contributed by atoms with Gasteiger partial charge in [0.25, 0.3) is 0 Å². The van der Waals surface area contributed by atoms with Crippen LogP contribution in [0.3, 0.4) is 0 Å². The number of nitrogens with zero attached hydrogens (tertiary/aromatic N) is 1. The molecular formula is C13H17NO3S. The van der Waals surface area contributed by atoms with Crippen LogP contribution in [0.25, 0.3) is 0 Å². The zero-order valence-electron chi connectivity index (χ0n) is 10.3. The van der Waals surface area contributed by atoms with E-state index in [0.29, 0.717) is 19.4 Å². The van der Waals surface area contributed by atoms with Gasteiger partial charge < -0.3 is 10.0 Å². The predicted molar refractivity (Wildman–Crippen MR) is 69.6 cm³/mol. The van der Waals surface area contributed by atoms with Crippen LogP contribution >= 0.6 is 11.3 Å². The molecule has 1 amide bonds. The van der Waals surface area contributed by atoms with Gasteiger partial charge in [-0.1, -0.05) is 6.07 Å². The van der Waals surface area contributed by atoms with Crippen molar-refractivity contribution in [3.8, 4) is 0 Å². The van der Waals surface area contributed by atoms with Crippen LogP contribution in [0.5, 0.6) is 0 Å². The number of hydrogen-bond acceptors (Lipinski definition) is 3. The van der Waals surface area contributed by atoms with Crippen LogP contribution in [0.1, 0.15) is 24.6 Å². The Labute approximate surface area is 110 Å². The number of likely N-dealkylation sites (tertiary alicyclic amines) is 1. The minimum absolute atomic E-state index is 0.0691. The largest absolute Gasteiger partial charge is 0.481 e. The minimum Gasteiger partial charge on any atom is -0.481 e. The van der Waals surface area contributed by atoms with Crippen molar-refractivity contribution in [2.75, 3.05) is 6.54 Å². The fourth-order valence-corrected chi connectivity index (χ4v) is 3.16. The Hall–Kier alpha value is -1.36. The molecule has 0 saturated carbocycles. The number of amides is 1. The van der Waals surface area contributed by atoms with Gasteiger partial charge in [-0.2, -0.15) is 0 Å². The van der Waals surface area contributed by atoms with Crippen LogP contribution in [0.15, 0.2) is 17.5 Å². The summed E-state index contributed by atoms with van der Waals surface area (Å²) in [6.45, 7) is 2.40. The first-order valence-corrected chi connectivity index (χ1v) is 7.02. The predicted octanol–water partition coefficient (Wildman–Crippen LogP) is 2.00. The van der Waals surface area contributed by atoms with Gasteiger partial charge in [0.15, 0.2) is 0 Å². The number of rotatable bonds is 4. The van der Waals surface area contributed by atoms with Gasteiger partial charge in [-0.05, 0) is 31.2 Å². The Kier molecular flexibility index (Phi) is 4.01. The van der Waals surface area contributed by atoms with E-state index >= 15 is 0 Å². The smallest absolute Gasteiger partial charge is 0.308 e. The monoisotopic (exact) mass is 267 g/mol. The van der Waals surface area contributed by atoms with E-state index < -0.39 is 11.9 Å². The van der Waals surface area contributed by atoms with E-state index in [-0.39, 0.29) is 11.9 Å². The molecule has 0 spiro atoms. The second kappa shape index (κ2) is 5.52. The number of carbonyl (C=O) groups is 2. The molecule has 1 aromatic rings. The first-order valence-electron chi connectivity index (χ1n) is 6.14. The number of carbonyl (C=O) groups excluding carboxylic acids is 1. The lowest BCUT2D eigenvalue weighted by Gasteiger charge is -2.23. The van der Waals surface area contributed by atoms with Gasteiger partial charge in [-0.25, -0.2) is 0 Å². The maximum absolute atomic E-state index is 12.1. The minimum atomic E-state index is -0.795. The van der Waals surface area contributed by atoms with E-state index in [9.17, 15) is 9.59 Å². The maximum Gasteiger partial charge on any atom is 0.308 e. The summed E-state index contributed by atoms with van der Waals surface area (Å²) >= 11 is 1.65. The van der Waals surface area contributed by atoms with Gasteiger partial charge in [0, 0.05) is 23.9 Å². The summed E-state index contributed by atoms with van der Waals surface area (Å²) in [6.07, 6.45) is 1.79.